The van der Waals surface area contributed by atoms with E-state index in [-0.39, 0.29) is 0 Å². The summed E-state index contributed by atoms with van der Waals surface area (Å²) in [4.78, 5) is 12.2. The highest BCUT2D eigenvalue weighted by Crippen LogP contribution is 2.23. The summed E-state index contributed by atoms with van der Waals surface area (Å²) in [5.41, 5.74) is 0.306. The molecule has 0 aliphatic carbocycles. The molecule has 2 N–H and O–H groups in total. The molecule has 1 atom stereocenters. The largest absolute Gasteiger partial charge is 0.480 e. The van der Waals surface area contributed by atoms with Crippen molar-refractivity contribution < 1.29 is 9.90 Å². The number of carboxylic acid groups (broad SMARTS) is 1. The molecule has 0 spiro atoms. The van der Waals surface area contributed by atoms with E-state index in [0.717, 1.165) is 4.90 Å². The van der Waals surface area contributed by atoms with Crippen LogP contribution in [0.2, 0.25) is 0 Å². The first-order valence-electron chi connectivity index (χ1n) is 5.10. The maximum Gasteiger partial charge on any atom is 0.324 e. The number of carboxylic acids is 1. The Bertz CT molecular complexity index is 381. The quantitative estimate of drug-likeness (QED) is 0.773. The summed E-state index contributed by atoms with van der Waals surface area (Å²) in [5, 5.41) is 11.9. The zero-order valence-corrected chi connectivity index (χ0v) is 10.6. The van der Waals surface area contributed by atoms with Crippen molar-refractivity contribution in [3.63, 3.8) is 0 Å². The van der Waals surface area contributed by atoms with Gasteiger partial charge < -0.3 is 10.4 Å². The molecular formula is C12H17NO2S. The monoisotopic (exact) mass is 239 g/mol. The highest BCUT2D eigenvalue weighted by molar-refractivity contribution is 7.99. The third-order valence-electron chi connectivity index (χ3n) is 2.54. The number of carbonyl (C=O) groups is 1. The van der Waals surface area contributed by atoms with Gasteiger partial charge in [0.25, 0.3) is 0 Å². The first kappa shape index (κ1) is 13.1. The predicted molar refractivity (Wildman–Crippen MR) is 67.0 cm³/mol. The molecule has 0 amide bonds. The molecule has 0 saturated heterocycles. The molecule has 1 unspecified atom stereocenters. The molecule has 0 fully saturated rings. The van der Waals surface area contributed by atoms with Crippen molar-refractivity contribution in [3.8, 4) is 0 Å². The molecular weight excluding hydrogens is 222 g/mol. The predicted octanol–water partition coefficient (Wildman–Crippen LogP) is 2.15. The van der Waals surface area contributed by atoms with Crippen LogP contribution in [-0.4, -0.2) is 29.4 Å². The average Bonchev–Trinajstić information content (AvgIpc) is 2.26. The number of rotatable bonds is 5. The fourth-order valence-electron chi connectivity index (χ4n) is 1.17. The van der Waals surface area contributed by atoms with Gasteiger partial charge in [-0.3, -0.25) is 4.79 Å². The summed E-state index contributed by atoms with van der Waals surface area (Å²) in [7, 11) is 1.67. The van der Waals surface area contributed by atoms with Crippen molar-refractivity contribution in [2.24, 2.45) is 0 Å². The lowest BCUT2D eigenvalue weighted by Gasteiger charge is -2.23. The van der Waals surface area contributed by atoms with Gasteiger partial charge in [0.2, 0.25) is 0 Å². The number of likely N-dealkylation sites (N-methyl/N-ethyl adjacent to an activating group) is 1. The summed E-state index contributed by atoms with van der Waals surface area (Å²) < 4.78 is 0. The molecule has 1 aromatic rings. The van der Waals surface area contributed by atoms with Crippen LogP contribution in [0.4, 0.5) is 0 Å². The third kappa shape index (κ3) is 3.25. The lowest BCUT2D eigenvalue weighted by Crippen LogP contribution is -2.49. The Labute approximate surface area is 100 Å². The minimum Gasteiger partial charge on any atom is -0.480 e. The standard InChI is InChI=1S/C12H17NO2S/c1-9-5-4-6-10(7-9)16-8-12(2,13-3)11(14)15/h4-7,13H,8H2,1-3H3,(H,14,15). The Morgan fingerprint density at radius 2 is 2.25 bits per heavy atom. The van der Waals surface area contributed by atoms with Gasteiger partial charge >= 0.3 is 5.97 Å². The summed E-state index contributed by atoms with van der Waals surface area (Å²) in [5.74, 6) is -0.322. The molecule has 1 rings (SSSR count). The second kappa shape index (κ2) is 5.37. The molecule has 0 heterocycles. The van der Waals surface area contributed by atoms with Crippen LogP contribution in [0.15, 0.2) is 29.2 Å². The van der Waals surface area contributed by atoms with Gasteiger partial charge in [-0.05, 0) is 33.0 Å². The SMILES string of the molecule is CNC(C)(CSc1cccc(C)c1)C(=O)O. The molecule has 0 saturated carbocycles. The zero-order valence-electron chi connectivity index (χ0n) is 9.78. The van der Waals surface area contributed by atoms with Gasteiger partial charge in [0.05, 0.1) is 0 Å². The van der Waals surface area contributed by atoms with Gasteiger partial charge in [-0.1, -0.05) is 17.7 Å². The van der Waals surface area contributed by atoms with E-state index in [4.69, 9.17) is 5.11 Å². The van der Waals surface area contributed by atoms with E-state index < -0.39 is 11.5 Å². The number of nitrogens with one attached hydrogen (secondary N) is 1. The van der Waals surface area contributed by atoms with Gasteiger partial charge in [-0.15, -0.1) is 11.8 Å². The van der Waals surface area contributed by atoms with Gasteiger partial charge in [0.1, 0.15) is 5.54 Å². The first-order chi connectivity index (χ1) is 7.48. The molecule has 0 bridgehead atoms. The van der Waals surface area contributed by atoms with E-state index in [1.165, 1.54) is 5.56 Å². The Morgan fingerprint density at radius 3 is 2.75 bits per heavy atom. The number of thioether (sulfide) groups is 1. The van der Waals surface area contributed by atoms with Gasteiger partial charge in [0.15, 0.2) is 0 Å². The Hall–Kier alpha value is -1.00. The summed E-state index contributed by atoms with van der Waals surface area (Å²) in [6.07, 6.45) is 0. The zero-order chi connectivity index (χ0) is 12.2. The number of aryl methyl sites for hydroxylation is 1. The third-order valence-corrected chi connectivity index (χ3v) is 3.85. The van der Waals surface area contributed by atoms with Crippen LogP contribution in [0.25, 0.3) is 0 Å². The van der Waals surface area contributed by atoms with Crippen molar-refractivity contribution in [2.45, 2.75) is 24.3 Å². The molecule has 3 nitrogen and oxygen atoms in total. The average molecular weight is 239 g/mol. The smallest absolute Gasteiger partial charge is 0.324 e. The van der Waals surface area contributed by atoms with E-state index in [2.05, 4.69) is 11.4 Å². The maximum absolute atomic E-state index is 11.1. The van der Waals surface area contributed by atoms with Crippen LogP contribution in [-0.2, 0) is 4.79 Å². The normalized spacial score (nSPS) is 14.4. The molecule has 1 aromatic carbocycles. The Morgan fingerprint density at radius 1 is 1.56 bits per heavy atom. The van der Waals surface area contributed by atoms with Gasteiger partial charge in [-0.2, -0.15) is 0 Å². The topological polar surface area (TPSA) is 49.3 Å². The van der Waals surface area contributed by atoms with E-state index in [0.29, 0.717) is 5.75 Å². The lowest BCUT2D eigenvalue weighted by atomic mass is 10.1. The van der Waals surface area contributed by atoms with E-state index in [1.54, 1.807) is 25.7 Å². The second-order valence-electron chi connectivity index (χ2n) is 3.99. The summed E-state index contributed by atoms with van der Waals surface area (Å²) in [6, 6.07) is 8.06. The van der Waals surface area contributed by atoms with Crippen molar-refractivity contribution in [1.29, 1.82) is 0 Å². The summed E-state index contributed by atoms with van der Waals surface area (Å²) in [6.45, 7) is 3.72. The highest BCUT2D eigenvalue weighted by atomic mass is 32.2. The lowest BCUT2D eigenvalue weighted by molar-refractivity contribution is -0.142. The van der Waals surface area contributed by atoms with Crippen LogP contribution in [0.1, 0.15) is 12.5 Å². The van der Waals surface area contributed by atoms with E-state index in [1.807, 2.05) is 25.1 Å². The van der Waals surface area contributed by atoms with Crippen LogP contribution < -0.4 is 5.32 Å². The van der Waals surface area contributed by atoms with Crippen molar-refractivity contribution in [3.05, 3.63) is 29.8 Å². The minimum absolute atomic E-state index is 0.502. The van der Waals surface area contributed by atoms with Gasteiger partial charge in [-0.25, -0.2) is 0 Å². The van der Waals surface area contributed by atoms with E-state index in [9.17, 15) is 4.79 Å². The molecule has 0 aliphatic heterocycles. The summed E-state index contributed by atoms with van der Waals surface area (Å²) >= 11 is 1.55. The molecule has 88 valence electrons. The molecule has 16 heavy (non-hydrogen) atoms. The Balaban J connectivity index is 2.66. The van der Waals surface area contributed by atoms with Crippen molar-refractivity contribution >= 4 is 17.7 Å². The van der Waals surface area contributed by atoms with Crippen molar-refractivity contribution in [2.75, 3.05) is 12.8 Å². The van der Waals surface area contributed by atoms with E-state index >= 15 is 0 Å². The fraction of sp³-hybridized carbons (Fsp3) is 0.417. The van der Waals surface area contributed by atoms with Gasteiger partial charge in [0, 0.05) is 10.6 Å². The van der Waals surface area contributed by atoms with Crippen LogP contribution in [0.5, 0.6) is 0 Å². The minimum atomic E-state index is -0.881. The molecule has 0 aromatic heterocycles. The maximum atomic E-state index is 11.1. The molecule has 0 aliphatic rings. The fourth-order valence-corrected chi connectivity index (χ4v) is 2.34. The first-order valence-corrected chi connectivity index (χ1v) is 6.08. The molecule has 4 heteroatoms. The molecule has 0 radical (unpaired) electrons. The number of hydrogen-bond acceptors (Lipinski definition) is 3. The van der Waals surface area contributed by atoms with Crippen LogP contribution in [0, 0.1) is 6.92 Å². The van der Waals surface area contributed by atoms with Crippen LogP contribution in [0.3, 0.4) is 0 Å². The van der Waals surface area contributed by atoms with Crippen molar-refractivity contribution in [1.82, 2.24) is 5.32 Å². The number of benzene rings is 1. The number of aliphatic carboxylic acids is 1. The second-order valence-corrected chi connectivity index (χ2v) is 5.04. The highest BCUT2D eigenvalue weighted by Gasteiger charge is 2.30. The Kier molecular flexibility index (Phi) is 4.38. The number of hydrogen-bond donors (Lipinski definition) is 2. The van der Waals surface area contributed by atoms with Crippen LogP contribution >= 0.6 is 11.8 Å².